The third kappa shape index (κ3) is 6.30. The summed E-state index contributed by atoms with van der Waals surface area (Å²) in [7, 11) is 0. The van der Waals surface area contributed by atoms with Gasteiger partial charge in [0.1, 0.15) is 5.82 Å². The number of para-hydroxylation sites is 1. The lowest BCUT2D eigenvalue weighted by Crippen LogP contribution is -2.48. The summed E-state index contributed by atoms with van der Waals surface area (Å²) >= 11 is 0. The highest BCUT2D eigenvalue weighted by molar-refractivity contribution is 6.10. The van der Waals surface area contributed by atoms with Crippen molar-refractivity contribution in [2.75, 3.05) is 48.3 Å². The zero-order chi connectivity index (χ0) is 24.8. The van der Waals surface area contributed by atoms with E-state index in [1.807, 2.05) is 24.3 Å². The number of carbonyl (C=O) groups is 3. The predicted molar refractivity (Wildman–Crippen MR) is 135 cm³/mol. The Labute approximate surface area is 203 Å². The van der Waals surface area contributed by atoms with Gasteiger partial charge in [-0.3, -0.25) is 19.3 Å². The Morgan fingerprint density at radius 2 is 1.49 bits per heavy atom. The maximum absolute atomic E-state index is 13.1. The van der Waals surface area contributed by atoms with Gasteiger partial charge in [0.2, 0.25) is 5.91 Å². The van der Waals surface area contributed by atoms with Crippen LogP contribution in [0.5, 0.6) is 0 Å². The van der Waals surface area contributed by atoms with Gasteiger partial charge >= 0.3 is 0 Å². The van der Waals surface area contributed by atoms with E-state index >= 15 is 0 Å². The molecule has 3 aromatic rings. The van der Waals surface area contributed by atoms with Crippen LogP contribution in [0.2, 0.25) is 0 Å². The predicted octanol–water partition coefficient (Wildman–Crippen LogP) is 4.04. The summed E-state index contributed by atoms with van der Waals surface area (Å²) < 4.78 is 13.1. The van der Waals surface area contributed by atoms with Crippen LogP contribution in [0.25, 0.3) is 0 Å². The average molecular weight is 475 g/mol. The summed E-state index contributed by atoms with van der Waals surface area (Å²) in [5, 5.41) is 5.57. The van der Waals surface area contributed by atoms with Crippen LogP contribution in [0.4, 0.5) is 21.5 Å². The number of hydrogen-bond acceptors (Lipinski definition) is 5. The molecule has 3 aromatic carbocycles. The van der Waals surface area contributed by atoms with Gasteiger partial charge in [-0.2, -0.15) is 0 Å². The topological polar surface area (TPSA) is 81.8 Å². The number of halogens is 1. The van der Waals surface area contributed by atoms with Gasteiger partial charge in [0.15, 0.2) is 5.78 Å². The molecule has 0 saturated carbocycles. The number of ketones is 1. The van der Waals surface area contributed by atoms with E-state index in [0.717, 1.165) is 18.8 Å². The number of benzene rings is 3. The molecule has 0 atom stereocenters. The molecule has 0 aliphatic carbocycles. The van der Waals surface area contributed by atoms with Crippen LogP contribution >= 0.6 is 0 Å². The number of Topliss-reactive ketones (excluding diaryl/α,β-unsaturated/α-hetero) is 1. The first-order valence-electron chi connectivity index (χ1n) is 11.4. The lowest BCUT2D eigenvalue weighted by atomic mass is 10.1. The summed E-state index contributed by atoms with van der Waals surface area (Å²) in [5.41, 5.74) is 2.95. The molecule has 1 heterocycles. The minimum atomic E-state index is -0.392. The van der Waals surface area contributed by atoms with Crippen molar-refractivity contribution in [3.05, 3.63) is 89.7 Å². The third-order valence-electron chi connectivity index (χ3n) is 5.93. The standard InChI is InChI=1S/C27H27FN4O3/c1-19(33)20-6-12-23(13-7-20)32-16-14-31(15-17-32)18-26(34)30-25-5-3-2-4-24(25)27(35)29-22-10-8-21(28)9-11-22/h2-13H,14-18H2,1H3,(H,29,35)(H,30,34). The van der Waals surface area contributed by atoms with Crippen LogP contribution in [0, 0.1) is 5.82 Å². The Balaban J connectivity index is 1.31. The molecule has 0 unspecified atom stereocenters. The monoisotopic (exact) mass is 474 g/mol. The van der Waals surface area contributed by atoms with Gasteiger partial charge in [0.25, 0.3) is 5.91 Å². The van der Waals surface area contributed by atoms with Crippen molar-refractivity contribution < 1.29 is 18.8 Å². The van der Waals surface area contributed by atoms with Crippen molar-refractivity contribution >= 4 is 34.7 Å². The van der Waals surface area contributed by atoms with Crippen LogP contribution in [-0.4, -0.2) is 55.2 Å². The van der Waals surface area contributed by atoms with Gasteiger partial charge in [-0.25, -0.2) is 4.39 Å². The zero-order valence-corrected chi connectivity index (χ0v) is 19.5. The second kappa shape index (κ2) is 10.9. The molecule has 4 rings (SSSR count). The number of anilines is 3. The maximum atomic E-state index is 13.1. The lowest BCUT2D eigenvalue weighted by molar-refractivity contribution is -0.117. The Bertz CT molecular complexity index is 1200. The summed E-state index contributed by atoms with van der Waals surface area (Å²) in [4.78, 5) is 41.2. The summed E-state index contributed by atoms with van der Waals surface area (Å²) in [6.07, 6.45) is 0. The van der Waals surface area contributed by atoms with Crippen LogP contribution < -0.4 is 15.5 Å². The molecule has 1 saturated heterocycles. The normalized spacial score (nSPS) is 13.8. The minimum absolute atomic E-state index is 0.0434. The molecule has 7 nitrogen and oxygen atoms in total. The van der Waals surface area contributed by atoms with E-state index in [1.54, 1.807) is 31.2 Å². The fourth-order valence-corrected chi connectivity index (χ4v) is 3.99. The molecule has 0 aromatic heterocycles. The first kappa shape index (κ1) is 24.1. The third-order valence-corrected chi connectivity index (χ3v) is 5.93. The quantitative estimate of drug-likeness (QED) is 0.505. The molecular weight excluding hydrogens is 447 g/mol. The molecule has 2 amide bonds. The Morgan fingerprint density at radius 1 is 0.829 bits per heavy atom. The molecule has 1 aliphatic heterocycles. The van der Waals surface area contributed by atoms with E-state index in [-0.39, 0.29) is 24.1 Å². The molecule has 180 valence electrons. The van der Waals surface area contributed by atoms with E-state index in [9.17, 15) is 18.8 Å². The van der Waals surface area contributed by atoms with Crippen molar-refractivity contribution in [2.45, 2.75) is 6.92 Å². The fourth-order valence-electron chi connectivity index (χ4n) is 3.99. The van der Waals surface area contributed by atoms with E-state index in [0.29, 0.717) is 35.6 Å². The summed E-state index contributed by atoms with van der Waals surface area (Å²) in [6, 6.07) is 19.8. The van der Waals surface area contributed by atoms with Crippen LogP contribution in [0.3, 0.4) is 0 Å². The number of nitrogens with zero attached hydrogens (tertiary/aromatic N) is 2. The molecule has 0 bridgehead atoms. The van der Waals surface area contributed by atoms with Crippen molar-refractivity contribution in [3.63, 3.8) is 0 Å². The van der Waals surface area contributed by atoms with Gasteiger partial charge in [0, 0.05) is 43.1 Å². The number of hydrogen-bond donors (Lipinski definition) is 2. The largest absolute Gasteiger partial charge is 0.369 e. The molecule has 8 heteroatoms. The smallest absolute Gasteiger partial charge is 0.257 e. The van der Waals surface area contributed by atoms with Crippen molar-refractivity contribution in [1.29, 1.82) is 0 Å². The highest BCUT2D eigenvalue weighted by Gasteiger charge is 2.20. The van der Waals surface area contributed by atoms with Crippen molar-refractivity contribution in [3.8, 4) is 0 Å². The zero-order valence-electron chi connectivity index (χ0n) is 19.5. The molecular formula is C27H27FN4O3. The first-order chi connectivity index (χ1) is 16.9. The second-order valence-corrected chi connectivity index (χ2v) is 8.42. The Morgan fingerprint density at radius 3 is 2.14 bits per heavy atom. The molecule has 0 spiro atoms. The molecule has 1 aliphatic rings. The molecule has 2 N–H and O–H groups in total. The van der Waals surface area contributed by atoms with Gasteiger partial charge in [-0.05, 0) is 67.6 Å². The first-order valence-corrected chi connectivity index (χ1v) is 11.4. The molecule has 1 fully saturated rings. The summed E-state index contributed by atoms with van der Waals surface area (Å²) in [6.45, 7) is 4.73. The van der Waals surface area contributed by atoms with Gasteiger partial charge in [-0.15, -0.1) is 0 Å². The number of amides is 2. The van der Waals surface area contributed by atoms with E-state index in [2.05, 4.69) is 20.4 Å². The van der Waals surface area contributed by atoms with Gasteiger partial charge < -0.3 is 15.5 Å². The van der Waals surface area contributed by atoms with E-state index in [1.165, 1.54) is 24.3 Å². The highest BCUT2D eigenvalue weighted by Crippen LogP contribution is 2.20. The minimum Gasteiger partial charge on any atom is -0.369 e. The Kier molecular flexibility index (Phi) is 7.52. The molecule has 0 radical (unpaired) electrons. The van der Waals surface area contributed by atoms with Crippen LogP contribution in [0.1, 0.15) is 27.6 Å². The van der Waals surface area contributed by atoms with Crippen molar-refractivity contribution in [1.82, 2.24) is 4.90 Å². The SMILES string of the molecule is CC(=O)c1ccc(N2CCN(CC(=O)Nc3ccccc3C(=O)Nc3ccc(F)cc3)CC2)cc1. The number of nitrogens with one attached hydrogen (secondary N) is 2. The second-order valence-electron chi connectivity index (χ2n) is 8.42. The fraction of sp³-hybridized carbons (Fsp3) is 0.222. The maximum Gasteiger partial charge on any atom is 0.257 e. The van der Waals surface area contributed by atoms with Gasteiger partial charge in [-0.1, -0.05) is 12.1 Å². The van der Waals surface area contributed by atoms with Crippen molar-refractivity contribution in [2.24, 2.45) is 0 Å². The number of carbonyl (C=O) groups excluding carboxylic acids is 3. The average Bonchev–Trinajstić information content (AvgIpc) is 2.86. The summed E-state index contributed by atoms with van der Waals surface area (Å²) in [5.74, 6) is -0.938. The van der Waals surface area contributed by atoms with Crippen LogP contribution in [0.15, 0.2) is 72.8 Å². The lowest BCUT2D eigenvalue weighted by Gasteiger charge is -2.35. The molecule has 35 heavy (non-hydrogen) atoms. The van der Waals surface area contributed by atoms with E-state index in [4.69, 9.17) is 0 Å². The van der Waals surface area contributed by atoms with Gasteiger partial charge in [0.05, 0.1) is 17.8 Å². The Hall–Kier alpha value is -4.04. The highest BCUT2D eigenvalue weighted by atomic mass is 19.1. The van der Waals surface area contributed by atoms with E-state index < -0.39 is 5.91 Å². The number of piperazine rings is 1. The number of rotatable bonds is 7. The van der Waals surface area contributed by atoms with Crippen LogP contribution in [-0.2, 0) is 4.79 Å².